The molecular weight excluding hydrogens is 245 g/mol. The van der Waals surface area contributed by atoms with Crippen molar-refractivity contribution in [1.82, 2.24) is 5.32 Å². The van der Waals surface area contributed by atoms with Crippen molar-refractivity contribution >= 4 is 11.6 Å². The van der Waals surface area contributed by atoms with E-state index < -0.39 is 0 Å². The molecule has 0 saturated carbocycles. The van der Waals surface area contributed by atoms with Gasteiger partial charge in [0.2, 0.25) is 0 Å². The van der Waals surface area contributed by atoms with Crippen LogP contribution >= 0.6 is 11.6 Å². The second-order valence-electron chi connectivity index (χ2n) is 3.93. The molecule has 1 aliphatic heterocycles. The monoisotopic (exact) mass is 259 g/mol. The van der Waals surface area contributed by atoms with Crippen LogP contribution in [0.5, 0.6) is 0 Å². The second-order valence-corrected chi connectivity index (χ2v) is 4.34. The number of rotatable bonds is 4. The van der Waals surface area contributed by atoms with Gasteiger partial charge in [-0.15, -0.1) is 0 Å². The third-order valence-corrected chi connectivity index (χ3v) is 2.95. The molecule has 1 unspecified atom stereocenters. The number of nitrogens with one attached hydrogen (secondary N) is 1. The van der Waals surface area contributed by atoms with Crippen LogP contribution in [0.1, 0.15) is 5.56 Å². The number of ether oxygens (including phenoxy) is 2. The Morgan fingerprint density at radius 2 is 2.29 bits per heavy atom. The summed E-state index contributed by atoms with van der Waals surface area (Å²) in [4.78, 5) is 0. The molecule has 0 spiro atoms. The van der Waals surface area contributed by atoms with Crippen LogP contribution in [0.4, 0.5) is 4.39 Å². The highest BCUT2D eigenvalue weighted by molar-refractivity contribution is 6.31. The van der Waals surface area contributed by atoms with Crippen LogP contribution in [0, 0.1) is 5.82 Å². The highest BCUT2D eigenvalue weighted by atomic mass is 35.5. The maximum atomic E-state index is 13.0. The molecule has 17 heavy (non-hydrogen) atoms. The molecule has 0 aliphatic carbocycles. The molecule has 94 valence electrons. The molecule has 0 bridgehead atoms. The van der Waals surface area contributed by atoms with E-state index in [1.54, 1.807) is 6.07 Å². The molecule has 2 rings (SSSR count). The second kappa shape index (κ2) is 6.31. The predicted octanol–water partition coefficient (Wildman–Crippen LogP) is 1.98. The van der Waals surface area contributed by atoms with E-state index in [2.05, 4.69) is 5.32 Å². The van der Waals surface area contributed by atoms with E-state index in [0.29, 0.717) is 37.9 Å². The molecule has 1 heterocycles. The molecule has 1 saturated heterocycles. The highest BCUT2D eigenvalue weighted by Crippen LogP contribution is 2.16. The smallest absolute Gasteiger partial charge is 0.123 e. The van der Waals surface area contributed by atoms with Gasteiger partial charge >= 0.3 is 0 Å². The van der Waals surface area contributed by atoms with Gasteiger partial charge in [-0.1, -0.05) is 11.6 Å². The summed E-state index contributed by atoms with van der Waals surface area (Å²) >= 11 is 5.96. The molecule has 1 atom stereocenters. The summed E-state index contributed by atoms with van der Waals surface area (Å²) in [5.41, 5.74) is 0.753. The minimum absolute atomic E-state index is 0.0658. The van der Waals surface area contributed by atoms with Crippen molar-refractivity contribution < 1.29 is 13.9 Å². The van der Waals surface area contributed by atoms with E-state index >= 15 is 0 Å². The van der Waals surface area contributed by atoms with Gasteiger partial charge in [-0.2, -0.15) is 0 Å². The van der Waals surface area contributed by atoms with Crippen LogP contribution in [-0.2, 0) is 16.0 Å². The minimum atomic E-state index is -0.275. The Labute approximate surface area is 105 Å². The minimum Gasteiger partial charge on any atom is -0.376 e. The van der Waals surface area contributed by atoms with Gasteiger partial charge in [0.1, 0.15) is 5.82 Å². The Bertz CT molecular complexity index is 370. The van der Waals surface area contributed by atoms with Crippen molar-refractivity contribution in [3.8, 4) is 0 Å². The number of hydrogen-bond acceptors (Lipinski definition) is 3. The molecule has 0 radical (unpaired) electrons. The van der Waals surface area contributed by atoms with Gasteiger partial charge in [-0.05, 0) is 23.8 Å². The van der Waals surface area contributed by atoms with Crippen molar-refractivity contribution in [2.24, 2.45) is 0 Å². The molecule has 5 heteroatoms. The zero-order valence-corrected chi connectivity index (χ0v) is 10.2. The van der Waals surface area contributed by atoms with Crippen molar-refractivity contribution in [3.05, 3.63) is 34.6 Å². The molecule has 0 amide bonds. The molecular formula is C12H15ClFNO2. The lowest BCUT2D eigenvalue weighted by molar-refractivity contribution is -0.0864. The fraction of sp³-hybridized carbons (Fsp3) is 0.500. The molecule has 1 aromatic carbocycles. The fourth-order valence-electron chi connectivity index (χ4n) is 1.70. The maximum Gasteiger partial charge on any atom is 0.123 e. The maximum absolute atomic E-state index is 13.0. The van der Waals surface area contributed by atoms with E-state index in [9.17, 15) is 4.39 Å². The summed E-state index contributed by atoms with van der Waals surface area (Å²) in [7, 11) is 0. The molecule has 3 nitrogen and oxygen atoms in total. The van der Waals surface area contributed by atoms with Crippen LogP contribution in [-0.4, -0.2) is 32.5 Å². The lowest BCUT2D eigenvalue weighted by atomic mass is 10.2. The van der Waals surface area contributed by atoms with E-state index in [4.69, 9.17) is 21.1 Å². The lowest BCUT2D eigenvalue weighted by Crippen LogP contribution is -2.37. The van der Waals surface area contributed by atoms with Gasteiger partial charge in [0.25, 0.3) is 0 Å². The van der Waals surface area contributed by atoms with Gasteiger partial charge in [-0.25, -0.2) is 4.39 Å². The average molecular weight is 260 g/mol. The Morgan fingerprint density at radius 3 is 3.06 bits per heavy atom. The van der Waals surface area contributed by atoms with E-state index in [1.165, 1.54) is 12.1 Å². The fourth-order valence-corrected chi connectivity index (χ4v) is 1.89. The largest absolute Gasteiger partial charge is 0.376 e. The zero-order valence-electron chi connectivity index (χ0n) is 9.42. The summed E-state index contributed by atoms with van der Waals surface area (Å²) in [6, 6.07) is 4.35. The quantitative estimate of drug-likeness (QED) is 0.897. The number of hydrogen-bond donors (Lipinski definition) is 1. The summed E-state index contributed by atoms with van der Waals surface area (Å²) in [5, 5.41) is 3.75. The van der Waals surface area contributed by atoms with Crippen molar-refractivity contribution in [1.29, 1.82) is 0 Å². The highest BCUT2D eigenvalue weighted by Gasteiger charge is 2.13. The van der Waals surface area contributed by atoms with E-state index in [1.807, 2.05) is 0 Å². The van der Waals surface area contributed by atoms with Gasteiger partial charge in [0, 0.05) is 18.1 Å². The zero-order chi connectivity index (χ0) is 12.1. The Hall–Kier alpha value is -0.680. The van der Waals surface area contributed by atoms with Gasteiger partial charge in [0.15, 0.2) is 0 Å². The molecule has 1 fully saturated rings. The number of halogens is 2. The predicted molar refractivity (Wildman–Crippen MR) is 63.7 cm³/mol. The summed E-state index contributed by atoms with van der Waals surface area (Å²) in [6.07, 6.45) is 0.0658. The first kappa shape index (κ1) is 12.8. The van der Waals surface area contributed by atoms with Crippen LogP contribution in [0.2, 0.25) is 5.02 Å². The summed E-state index contributed by atoms with van der Waals surface area (Å²) in [6.45, 7) is 3.09. The Balaban J connectivity index is 1.79. The molecule has 1 aromatic rings. The first-order valence-corrected chi connectivity index (χ1v) is 5.97. The van der Waals surface area contributed by atoms with E-state index in [0.717, 1.165) is 5.56 Å². The molecule has 0 aromatic heterocycles. The SMILES string of the molecule is Fc1ccc(Cl)c(CNCC2COCCO2)c1. The van der Waals surface area contributed by atoms with Gasteiger partial charge < -0.3 is 14.8 Å². The molecule has 1 aliphatic rings. The first-order chi connectivity index (χ1) is 8.25. The van der Waals surface area contributed by atoms with E-state index in [-0.39, 0.29) is 11.9 Å². The topological polar surface area (TPSA) is 30.5 Å². The average Bonchev–Trinajstić information content (AvgIpc) is 2.35. The van der Waals surface area contributed by atoms with Crippen LogP contribution in [0.3, 0.4) is 0 Å². The van der Waals surface area contributed by atoms with Crippen molar-refractivity contribution in [2.75, 3.05) is 26.4 Å². The van der Waals surface area contributed by atoms with Crippen LogP contribution in [0.25, 0.3) is 0 Å². The summed E-state index contributed by atoms with van der Waals surface area (Å²) in [5.74, 6) is -0.275. The van der Waals surface area contributed by atoms with Crippen LogP contribution < -0.4 is 5.32 Å². The summed E-state index contributed by atoms with van der Waals surface area (Å²) < 4.78 is 23.7. The van der Waals surface area contributed by atoms with Crippen molar-refractivity contribution in [2.45, 2.75) is 12.6 Å². The van der Waals surface area contributed by atoms with Crippen molar-refractivity contribution in [3.63, 3.8) is 0 Å². The van der Waals surface area contributed by atoms with Crippen LogP contribution in [0.15, 0.2) is 18.2 Å². The van der Waals surface area contributed by atoms with Gasteiger partial charge in [-0.3, -0.25) is 0 Å². The van der Waals surface area contributed by atoms with Gasteiger partial charge in [0.05, 0.1) is 25.9 Å². The third-order valence-electron chi connectivity index (χ3n) is 2.58. The lowest BCUT2D eigenvalue weighted by Gasteiger charge is -2.23. The Kier molecular flexibility index (Phi) is 4.74. The third kappa shape index (κ3) is 3.92. The normalized spacial score (nSPS) is 20.5. The first-order valence-electron chi connectivity index (χ1n) is 5.59. The molecule has 1 N–H and O–H groups in total. The standard InChI is InChI=1S/C12H15ClFNO2/c13-12-2-1-10(14)5-9(12)6-15-7-11-8-16-3-4-17-11/h1-2,5,11,15H,3-4,6-8H2. The number of benzene rings is 1. The Morgan fingerprint density at radius 1 is 1.41 bits per heavy atom.